The first-order valence-corrected chi connectivity index (χ1v) is 3.45. The maximum Gasteiger partial charge on any atom is 0.127 e. The second-order valence-electron chi connectivity index (χ2n) is 1.98. The molecule has 0 amide bonds. The van der Waals surface area contributed by atoms with E-state index in [4.69, 9.17) is 5.11 Å². The van der Waals surface area contributed by atoms with Crippen LogP contribution >= 0.6 is 12.6 Å². The van der Waals surface area contributed by atoms with Crippen LogP contribution in [0.1, 0.15) is 5.56 Å². The summed E-state index contributed by atoms with van der Waals surface area (Å²) in [6.45, 7) is 0. The van der Waals surface area contributed by atoms with Crippen LogP contribution in [0, 0.1) is 5.82 Å². The van der Waals surface area contributed by atoms with Crippen molar-refractivity contribution < 1.29 is 9.50 Å². The molecule has 0 atom stereocenters. The monoisotopic (exact) mass is 158 g/mol. The van der Waals surface area contributed by atoms with Crippen molar-refractivity contribution in [2.24, 2.45) is 0 Å². The molecule has 0 aliphatic heterocycles. The van der Waals surface area contributed by atoms with Gasteiger partial charge < -0.3 is 5.11 Å². The maximum atomic E-state index is 12.4. The van der Waals surface area contributed by atoms with Gasteiger partial charge in [-0.25, -0.2) is 4.39 Å². The Morgan fingerprint density at radius 3 is 2.60 bits per heavy atom. The molecule has 1 rings (SSSR count). The molecular weight excluding hydrogens is 151 g/mol. The van der Waals surface area contributed by atoms with E-state index in [9.17, 15) is 4.39 Å². The van der Waals surface area contributed by atoms with Crippen molar-refractivity contribution >= 4 is 12.6 Å². The summed E-state index contributed by atoms with van der Waals surface area (Å²) in [5, 5.41) is 8.85. The third kappa shape index (κ3) is 1.64. The third-order valence-corrected chi connectivity index (χ3v) is 1.49. The number of phenols is 1. The van der Waals surface area contributed by atoms with E-state index in [2.05, 4.69) is 12.6 Å². The minimum absolute atomic E-state index is 0.0518. The summed E-state index contributed by atoms with van der Waals surface area (Å²) >= 11 is 3.93. The van der Waals surface area contributed by atoms with Crippen LogP contribution in [0.4, 0.5) is 4.39 Å². The molecule has 0 aromatic heterocycles. The minimum atomic E-state index is -0.427. The molecule has 0 aliphatic carbocycles. The fraction of sp³-hybridized carbons (Fsp3) is 0.143. The van der Waals surface area contributed by atoms with Crippen LogP contribution < -0.4 is 0 Å². The number of thiol groups is 1. The van der Waals surface area contributed by atoms with Gasteiger partial charge in [0.1, 0.15) is 11.6 Å². The van der Waals surface area contributed by atoms with Crippen LogP contribution in [-0.4, -0.2) is 5.11 Å². The molecular formula is C7H7FOS. The van der Waals surface area contributed by atoms with Crippen LogP contribution in [0.25, 0.3) is 0 Å². The SMILES string of the molecule is Oc1cc(F)cc(CS)c1. The minimum Gasteiger partial charge on any atom is -0.508 e. The van der Waals surface area contributed by atoms with Crippen LogP contribution in [0.5, 0.6) is 5.75 Å². The molecule has 54 valence electrons. The highest BCUT2D eigenvalue weighted by molar-refractivity contribution is 7.79. The molecule has 0 unspecified atom stereocenters. The lowest BCUT2D eigenvalue weighted by Crippen LogP contribution is -1.79. The lowest BCUT2D eigenvalue weighted by Gasteiger charge is -1.96. The fourth-order valence-electron chi connectivity index (χ4n) is 0.725. The lowest BCUT2D eigenvalue weighted by atomic mass is 10.2. The summed E-state index contributed by atoms with van der Waals surface area (Å²) in [6, 6.07) is 3.88. The Hall–Kier alpha value is -0.700. The van der Waals surface area contributed by atoms with Crippen LogP contribution in [0.3, 0.4) is 0 Å². The number of hydrogen-bond donors (Lipinski definition) is 2. The van der Waals surface area contributed by atoms with Crippen molar-refractivity contribution in [2.45, 2.75) is 5.75 Å². The molecule has 1 aromatic rings. The first-order valence-electron chi connectivity index (χ1n) is 2.81. The number of rotatable bonds is 1. The highest BCUT2D eigenvalue weighted by atomic mass is 32.1. The second kappa shape index (κ2) is 2.92. The van der Waals surface area contributed by atoms with E-state index in [1.807, 2.05) is 0 Å². The van der Waals surface area contributed by atoms with E-state index in [0.29, 0.717) is 11.3 Å². The summed E-state index contributed by atoms with van der Waals surface area (Å²) in [5.41, 5.74) is 0.681. The summed E-state index contributed by atoms with van der Waals surface area (Å²) < 4.78 is 12.4. The van der Waals surface area contributed by atoms with Gasteiger partial charge in [-0.3, -0.25) is 0 Å². The average Bonchev–Trinajstić information content (AvgIpc) is 1.85. The van der Waals surface area contributed by atoms with Crippen LogP contribution in [-0.2, 0) is 5.75 Å². The summed E-state index contributed by atoms with van der Waals surface area (Å²) in [5.74, 6) is -0.0428. The molecule has 1 nitrogen and oxygen atoms in total. The van der Waals surface area contributed by atoms with Crippen molar-refractivity contribution in [3.8, 4) is 5.75 Å². The average molecular weight is 158 g/mol. The van der Waals surface area contributed by atoms with Gasteiger partial charge in [-0.15, -0.1) is 0 Å². The zero-order valence-electron chi connectivity index (χ0n) is 5.21. The van der Waals surface area contributed by atoms with E-state index in [-0.39, 0.29) is 5.75 Å². The Morgan fingerprint density at radius 2 is 2.10 bits per heavy atom. The normalized spacial score (nSPS) is 9.80. The predicted molar refractivity (Wildman–Crippen MR) is 40.8 cm³/mol. The predicted octanol–water partition coefficient (Wildman–Crippen LogP) is 1.96. The molecule has 0 fully saturated rings. The van der Waals surface area contributed by atoms with E-state index >= 15 is 0 Å². The first kappa shape index (κ1) is 7.41. The Kier molecular flexibility index (Phi) is 2.17. The van der Waals surface area contributed by atoms with Crippen molar-refractivity contribution in [2.75, 3.05) is 0 Å². The van der Waals surface area contributed by atoms with Gasteiger partial charge in [0, 0.05) is 11.8 Å². The third-order valence-electron chi connectivity index (χ3n) is 1.12. The van der Waals surface area contributed by atoms with Gasteiger partial charge in [-0.2, -0.15) is 12.6 Å². The standard InChI is InChI=1S/C7H7FOS/c8-6-1-5(4-10)2-7(9)3-6/h1-3,9-10H,4H2. The maximum absolute atomic E-state index is 12.4. The summed E-state index contributed by atoms with van der Waals surface area (Å²) in [4.78, 5) is 0. The number of hydrogen-bond acceptors (Lipinski definition) is 2. The molecule has 0 heterocycles. The van der Waals surface area contributed by atoms with Gasteiger partial charge in [0.05, 0.1) is 0 Å². The van der Waals surface area contributed by atoms with E-state index in [1.165, 1.54) is 12.1 Å². The number of phenolic OH excluding ortho intramolecular Hbond substituents is 1. The fourth-order valence-corrected chi connectivity index (χ4v) is 0.907. The number of benzene rings is 1. The molecule has 0 saturated carbocycles. The van der Waals surface area contributed by atoms with Crippen LogP contribution in [0.15, 0.2) is 18.2 Å². The molecule has 3 heteroatoms. The zero-order chi connectivity index (χ0) is 7.56. The number of halogens is 1. The van der Waals surface area contributed by atoms with Crippen LogP contribution in [0.2, 0.25) is 0 Å². The summed E-state index contributed by atoms with van der Waals surface area (Å²) in [7, 11) is 0. The summed E-state index contributed by atoms with van der Waals surface area (Å²) in [6.07, 6.45) is 0. The van der Waals surface area contributed by atoms with Crippen molar-refractivity contribution in [3.63, 3.8) is 0 Å². The molecule has 1 aromatic carbocycles. The van der Waals surface area contributed by atoms with Crippen molar-refractivity contribution in [1.29, 1.82) is 0 Å². The first-order chi connectivity index (χ1) is 4.72. The highest BCUT2D eigenvalue weighted by Crippen LogP contribution is 2.15. The van der Waals surface area contributed by atoms with Gasteiger partial charge in [0.25, 0.3) is 0 Å². The lowest BCUT2D eigenvalue weighted by molar-refractivity contribution is 0.468. The van der Waals surface area contributed by atoms with Gasteiger partial charge in [0.15, 0.2) is 0 Å². The molecule has 0 radical (unpaired) electrons. The second-order valence-corrected chi connectivity index (χ2v) is 2.29. The van der Waals surface area contributed by atoms with Crippen molar-refractivity contribution in [1.82, 2.24) is 0 Å². The zero-order valence-corrected chi connectivity index (χ0v) is 6.11. The molecule has 0 bridgehead atoms. The van der Waals surface area contributed by atoms with E-state index < -0.39 is 5.82 Å². The van der Waals surface area contributed by atoms with E-state index in [0.717, 1.165) is 6.07 Å². The van der Waals surface area contributed by atoms with Crippen molar-refractivity contribution in [3.05, 3.63) is 29.6 Å². The highest BCUT2D eigenvalue weighted by Gasteiger charge is 1.96. The molecule has 10 heavy (non-hydrogen) atoms. The molecule has 0 aliphatic rings. The molecule has 0 spiro atoms. The van der Waals surface area contributed by atoms with E-state index in [1.54, 1.807) is 0 Å². The van der Waals surface area contributed by atoms with Gasteiger partial charge in [0.2, 0.25) is 0 Å². The largest absolute Gasteiger partial charge is 0.508 e. The topological polar surface area (TPSA) is 20.2 Å². The Morgan fingerprint density at radius 1 is 1.40 bits per heavy atom. The van der Waals surface area contributed by atoms with Gasteiger partial charge >= 0.3 is 0 Å². The van der Waals surface area contributed by atoms with Gasteiger partial charge in [-0.05, 0) is 17.7 Å². The quantitative estimate of drug-likeness (QED) is 0.599. The Balaban J connectivity index is 3.06. The Bertz CT molecular complexity index is 217. The Labute approximate surface area is 63.9 Å². The molecule has 1 N–H and O–H groups in total. The smallest absolute Gasteiger partial charge is 0.127 e. The van der Waals surface area contributed by atoms with Gasteiger partial charge in [-0.1, -0.05) is 0 Å². The molecule has 0 saturated heterocycles. The number of aromatic hydroxyl groups is 1.